The van der Waals surface area contributed by atoms with Crippen molar-refractivity contribution in [3.63, 3.8) is 0 Å². The number of hydrogen-bond donors (Lipinski definition) is 2. The Bertz CT molecular complexity index is 286. The quantitative estimate of drug-likeness (QED) is 0.742. The van der Waals surface area contributed by atoms with Gasteiger partial charge in [0.05, 0.1) is 5.54 Å². The molecule has 0 aliphatic carbocycles. The molecule has 1 rings (SSSR count). The molecule has 1 saturated heterocycles. The van der Waals surface area contributed by atoms with Crippen LogP contribution < -0.4 is 11.1 Å². The third-order valence-corrected chi connectivity index (χ3v) is 3.81. The van der Waals surface area contributed by atoms with E-state index in [0.29, 0.717) is 44.6 Å². The summed E-state index contributed by atoms with van der Waals surface area (Å²) in [6, 6.07) is 0.354. The molecule has 1 unspecified atom stereocenters. The van der Waals surface area contributed by atoms with E-state index in [2.05, 4.69) is 24.1 Å². The Balaban J connectivity index is 2.46. The van der Waals surface area contributed by atoms with Crippen molar-refractivity contribution >= 4 is 5.91 Å². The topological polar surface area (TPSA) is 67.6 Å². The first kappa shape index (κ1) is 16.4. The number of nitrogens with two attached hydrogens (primary N) is 1. The lowest BCUT2D eigenvalue weighted by Gasteiger charge is -2.33. The van der Waals surface area contributed by atoms with E-state index in [4.69, 9.17) is 10.5 Å². The zero-order valence-electron chi connectivity index (χ0n) is 12.7. The molecule has 1 amide bonds. The number of hydrogen-bond acceptors (Lipinski definition) is 4. The van der Waals surface area contributed by atoms with Crippen LogP contribution in [0, 0.1) is 5.92 Å². The van der Waals surface area contributed by atoms with E-state index >= 15 is 0 Å². The predicted octanol–water partition coefficient (Wildman–Crippen LogP) is 0.587. The van der Waals surface area contributed by atoms with Gasteiger partial charge in [-0.15, -0.1) is 0 Å². The summed E-state index contributed by atoms with van der Waals surface area (Å²) in [5.41, 5.74) is 5.42. The molecule has 19 heavy (non-hydrogen) atoms. The number of carbonyl (C=O) groups excluding carboxylic acids is 1. The summed E-state index contributed by atoms with van der Waals surface area (Å²) in [6.45, 7) is 6.20. The maximum absolute atomic E-state index is 12.2. The van der Waals surface area contributed by atoms with Gasteiger partial charge < -0.3 is 20.7 Å². The van der Waals surface area contributed by atoms with Crippen molar-refractivity contribution in [3.05, 3.63) is 0 Å². The molecule has 0 spiro atoms. The minimum atomic E-state index is -0.743. The summed E-state index contributed by atoms with van der Waals surface area (Å²) >= 11 is 0. The molecule has 0 saturated carbocycles. The van der Waals surface area contributed by atoms with Crippen molar-refractivity contribution in [1.82, 2.24) is 10.2 Å². The average Bonchev–Trinajstić information content (AvgIpc) is 2.34. The minimum Gasteiger partial charge on any atom is -0.381 e. The fourth-order valence-corrected chi connectivity index (χ4v) is 2.37. The van der Waals surface area contributed by atoms with Crippen LogP contribution in [0.2, 0.25) is 0 Å². The van der Waals surface area contributed by atoms with Gasteiger partial charge in [0.15, 0.2) is 0 Å². The molecule has 0 aromatic heterocycles. The molecule has 1 fully saturated rings. The first-order chi connectivity index (χ1) is 8.85. The van der Waals surface area contributed by atoms with Gasteiger partial charge in [0.25, 0.3) is 0 Å². The third-order valence-electron chi connectivity index (χ3n) is 3.81. The smallest absolute Gasteiger partial charge is 0.240 e. The molecule has 1 aliphatic rings. The van der Waals surface area contributed by atoms with Crippen LogP contribution >= 0.6 is 0 Å². The molecule has 5 heteroatoms. The normalized spacial score (nSPS) is 20.6. The first-order valence-corrected chi connectivity index (χ1v) is 7.16. The van der Waals surface area contributed by atoms with Gasteiger partial charge in [-0.25, -0.2) is 0 Å². The SMILES string of the molecule is CC(C)CC(CNC(=O)C1(N)CCOCC1)N(C)C. The zero-order valence-corrected chi connectivity index (χ0v) is 12.7. The summed E-state index contributed by atoms with van der Waals surface area (Å²) in [5.74, 6) is 0.575. The lowest BCUT2D eigenvalue weighted by molar-refractivity contribution is -0.130. The van der Waals surface area contributed by atoms with Crippen molar-refractivity contribution in [3.8, 4) is 0 Å². The minimum absolute atomic E-state index is 0.0357. The summed E-state index contributed by atoms with van der Waals surface area (Å²) in [6.07, 6.45) is 2.28. The van der Waals surface area contributed by atoms with Crippen LogP contribution in [0.15, 0.2) is 0 Å². The molecule has 0 bridgehead atoms. The monoisotopic (exact) mass is 271 g/mol. The molecule has 112 valence electrons. The van der Waals surface area contributed by atoms with E-state index in [1.165, 1.54) is 0 Å². The summed E-state index contributed by atoms with van der Waals surface area (Å²) < 4.78 is 5.26. The Hall–Kier alpha value is -0.650. The standard InChI is InChI=1S/C14H29N3O2/c1-11(2)9-12(17(3)4)10-16-13(18)14(15)5-7-19-8-6-14/h11-12H,5-10,15H2,1-4H3,(H,16,18). The summed E-state index contributed by atoms with van der Waals surface area (Å²) in [5, 5.41) is 3.02. The Morgan fingerprint density at radius 3 is 2.42 bits per heavy atom. The average molecular weight is 271 g/mol. The van der Waals surface area contributed by atoms with Crippen LogP contribution in [0.4, 0.5) is 0 Å². The van der Waals surface area contributed by atoms with E-state index in [9.17, 15) is 4.79 Å². The van der Waals surface area contributed by atoms with Gasteiger partial charge in [0.1, 0.15) is 0 Å². The van der Waals surface area contributed by atoms with Crippen LogP contribution in [0.3, 0.4) is 0 Å². The molecule has 0 aromatic carbocycles. The highest BCUT2D eigenvalue weighted by Gasteiger charge is 2.36. The van der Waals surface area contributed by atoms with Crippen LogP contribution in [0.25, 0.3) is 0 Å². The van der Waals surface area contributed by atoms with Crippen molar-refractivity contribution in [2.45, 2.75) is 44.7 Å². The maximum atomic E-state index is 12.2. The van der Waals surface area contributed by atoms with Crippen LogP contribution in [-0.2, 0) is 9.53 Å². The van der Waals surface area contributed by atoms with E-state index in [-0.39, 0.29) is 5.91 Å². The van der Waals surface area contributed by atoms with Gasteiger partial charge in [0, 0.05) is 25.8 Å². The van der Waals surface area contributed by atoms with Gasteiger partial charge in [-0.1, -0.05) is 13.8 Å². The number of nitrogens with zero attached hydrogens (tertiary/aromatic N) is 1. The van der Waals surface area contributed by atoms with Gasteiger partial charge in [-0.2, -0.15) is 0 Å². The number of rotatable bonds is 6. The Morgan fingerprint density at radius 1 is 1.37 bits per heavy atom. The number of nitrogens with one attached hydrogen (secondary N) is 1. The van der Waals surface area contributed by atoms with E-state index in [1.807, 2.05) is 14.1 Å². The summed E-state index contributed by atoms with van der Waals surface area (Å²) in [7, 11) is 4.09. The Kier molecular flexibility index (Phi) is 6.23. The van der Waals surface area contributed by atoms with E-state index in [1.54, 1.807) is 0 Å². The third kappa shape index (κ3) is 5.09. The second kappa shape index (κ2) is 7.22. The van der Waals surface area contributed by atoms with E-state index < -0.39 is 5.54 Å². The van der Waals surface area contributed by atoms with Gasteiger partial charge in [-0.3, -0.25) is 4.79 Å². The zero-order chi connectivity index (χ0) is 14.5. The number of amides is 1. The first-order valence-electron chi connectivity index (χ1n) is 7.16. The Morgan fingerprint density at radius 2 is 1.95 bits per heavy atom. The lowest BCUT2D eigenvalue weighted by Crippen LogP contribution is -2.58. The lowest BCUT2D eigenvalue weighted by atomic mass is 9.90. The molecule has 0 radical (unpaired) electrons. The Labute approximate surface area is 116 Å². The van der Waals surface area contributed by atoms with Crippen molar-refractivity contribution in [2.75, 3.05) is 33.9 Å². The number of ether oxygens (including phenoxy) is 1. The molecular formula is C14H29N3O2. The fraction of sp³-hybridized carbons (Fsp3) is 0.929. The highest BCUT2D eigenvalue weighted by molar-refractivity contribution is 5.86. The van der Waals surface area contributed by atoms with Crippen molar-refractivity contribution < 1.29 is 9.53 Å². The second-order valence-corrected chi connectivity index (χ2v) is 6.23. The van der Waals surface area contributed by atoms with E-state index in [0.717, 1.165) is 6.42 Å². The van der Waals surface area contributed by atoms with Crippen LogP contribution in [-0.4, -0.2) is 56.2 Å². The van der Waals surface area contributed by atoms with Crippen molar-refractivity contribution in [1.29, 1.82) is 0 Å². The highest BCUT2D eigenvalue weighted by Crippen LogP contribution is 2.18. The van der Waals surface area contributed by atoms with Crippen LogP contribution in [0.1, 0.15) is 33.1 Å². The van der Waals surface area contributed by atoms with Crippen LogP contribution in [0.5, 0.6) is 0 Å². The van der Waals surface area contributed by atoms with Crippen molar-refractivity contribution in [2.24, 2.45) is 11.7 Å². The molecule has 1 aliphatic heterocycles. The molecule has 5 nitrogen and oxygen atoms in total. The predicted molar refractivity (Wildman–Crippen MR) is 76.9 cm³/mol. The van der Waals surface area contributed by atoms with Gasteiger partial charge >= 0.3 is 0 Å². The largest absolute Gasteiger partial charge is 0.381 e. The van der Waals surface area contributed by atoms with Gasteiger partial charge in [-0.05, 0) is 39.3 Å². The molecule has 0 aromatic rings. The molecular weight excluding hydrogens is 242 g/mol. The molecule has 3 N–H and O–H groups in total. The fourth-order valence-electron chi connectivity index (χ4n) is 2.37. The number of likely N-dealkylation sites (N-methyl/N-ethyl adjacent to an activating group) is 1. The maximum Gasteiger partial charge on any atom is 0.240 e. The molecule has 1 atom stereocenters. The number of carbonyl (C=O) groups is 1. The van der Waals surface area contributed by atoms with Gasteiger partial charge in [0.2, 0.25) is 5.91 Å². The molecule has 1 heterocycles. The summed E-state index contributed by atoms with van der Waals surface area (Å²) in [4.78, 5) is 14.4. The second-order valence-electron chi connectivity index (χ2n) is 6.23. The highest BCUT2D eigenvalue weighted by atomic mass is 16.5.